The van der Waals surface area contributed by atoms with Crippen molar-refractivity contribution in [3.8, 4) is 33.4 Å². The van der Waals surface area contributed by atoms with Crippen LogP contribution >= 0.6 is 0 Å². The Kier molecular flexibility index (Phi) is 8.05. The van der Waals surface area contributed by atoms with E-state index in [1.165, 1.54) is 93.8 Å². The first-order valence-electron chi connectivity index (χ1n) is 20.5. The van der Waals surface area contributed by atoms with Crippen LogP contribution in [0.4, 0.5) is 11.4 Å². The Balaban J connectivity index is 1.10. The first-order chi connectivity index (χ1) is 28.5. The lowest BCUT2D eigenvalue weighted by Gasteiger charge is -2.31. The molecule has 0 bridgehead atoms. The summed E-state index contributed by atoms with van der Waals surface area (Å²) >= 11 is 0. The van der Waals surface area contributed by atoms with Gasteiger partial charge in [0.1, 0.15) is 0 Å². The minimum absolute atomic E-state index is 0.0954. The highest BCUT2D eigenvalue weighted by Crippen LogP contribution is 2.51. The van der Waals surface area contributed by atoms with Gasteiger partial charge in [0, 0.05) is 28.1 Å². The summed E-state index contributed by atoms with van der Waals surface area (Å²) in [6, 6.07) is 69.7. The van der Waals surface area contributed by atoms with Crippen molar-refractivity contribution >= 4 is 43.7 Å². The van der Waals surface area contributed by atoms with Crippen molar-refractivity contribution in [2.45, 2.75) is 31.6 Å². The average Bonchev–Trinajstić information content (AvgIpc) is 3.52. The quantitative estimate of drug-likeness (QED) is 0.153. The highest BCUT2D eigenvalue weighted by molar-refractivity contribution is 6.14. The first-order valence-corrected chi connectivity index (χ1v) is 20.5. The molecule has 2 aliphatic rings. The molecule has 9 aromatic rings. The monoisotopic (exact) mass is 741 g/mol. The van der Waals surface area contributed by atoms with Gasteiger partial charge < -0.3 is 4.90 Å². The molecule has 276 valence electrons. The Bertz CT molecular complexity index is 3130. The molecule has 0 N–H and O–H groups in total. The van der Waals surface area contributed by atoms with Crippen LogP contribution < -0.4 is 4.90 Å². The summed E-state index contributed by atoms with van der Waals surface area (Å²) in [4.78, 5) is 2.51. The van der Waals surface area contributed by atoms with Crippen molar-refractivity contribution in [2.24, 2.45) is 0 Å². The summed E-state index contributed by atoms with van der Waals surface area (Å²) in [7, 11) is 0. The minimum atomic E-state index is -0.0954. The maximum atomic E-state index is 2.51. The second kappa shape index (κ2) is 13.6. The molecular weight excluding hydrogens is 699 g/mol. The Morgan fingerprint density at radius 1 is 0.466 bits per heavy atom. The van der Waals surface area contributed by atoms with Crippen LogP contribution in [-0.2, 0) is 5.41 Å². The van der Waals surface area contributed by atoms with E-state index < -0.39 is 0 Å². The molecule has 0 radical (unpaired) electrons. The van der Waals surface area contributed by atoms with Crippen molar-refractivity contribution in [1.82, 2.24) is 0 Å². The molecule has 1 heteroatoms. The van der Waals surface area contributed by atoms with Gasteiger partial charge in [-0.2, -0.15) is 0 Å². The number of hydrogen-bond acceptors (Lipinski definition) is 1. The highest BCUT2D eigenvalue weighted by atomic mass is 15.1. The molecular formula is C57H43N. The highest BCUT2D eigenvalue weighted by Gasteiger charge is 2.35. The summed E-state index contributed by atoms with van der Waals surface area (Å²) in [6.07, 6.45) is 8.13. The normalized spacial score (nSPS) is 15.3. The third-order valence-electron chi connectivity index (χ3n) is 12.8. The molecule has 1 unspecified atom stereocenters. The van der Waals surface area contributed by atoms with Gasteiger partial charge in [0.2, 0.25) is 0 Å². The lowest BCUT2D eigenvalue weighted by molar-refractivity contribution is 0.660. The van der Waals surface area contributed by atoms with E-state index in [1.54, 1.807) is 0 Å². The number of allylic oxidation sites excluding steroid dienone is 3. The van der Waals surface area contributed by atoms with E-state index in [1.807, 2.05) is 0 Å². The van der Waals surface area contributed by atoms with Gasteiger partial charge in [-0.1, -0.05) is 190 Å². The van der Waals surface area contributed by atoms with E-state index >= 15 is 0 Å². The summed E-state index contributed by atoms with van der Waals surface area (Å²) in [5, 5.41) is 7.57. The van der Waals surface area contributed by atoms with E-state index in [0.717, 1.165) is 12.1 Å². The van der Waals surface area contributed by atoms with Gasteiger partial charge in [0.25, 0.3) is 0 Å². The molecule has 0 saturated carbocycles. The zero-order valence-electron chi connectivity index (χ0n) is 32.9. The number of hydrogen-bond donors (Lipinski definition) is 0. The van der Waals surface area contributed by atoms with Crippen molar-refractivity contribution < 1.29 is 0 Å². The number of nitrogens with zero attached hydrogens (tertiary/aromatic N) is 1. The van der Waals surface area contributed by atoms with Crippen LogP contribution in [0.25, 0.3) is 65.7 Å². The zero-order valence-corrected chi connectivity index (χ0v) is 32.9. The van der Waals surface area contributed by atoms with E-state index in [-0.39, 0.29) is 5.41 Å². The molecule has 58 heavy (non-hydrogen) atoms. The van der Waals surface area contributed by atoms with Gasteiger partial charge in [-0.15, -0.1) is 0 Å². The average molecular weight is 742 g/mol. The molecule has 0 fully saturated rings. The number of benzene rings is 9. The topological polar surface area (TPSA) is 3.24 Å². The van der Waals surface area contributed by atoms with Crippen LogP contribution in [0.3, 0.4) is 0 Å². The predicted octanol–water partition coefficient (Wildman–Crippen LogP) is 15.6. The minimum Gasteiger partial charge on any atom is -0.310 e. The Hall–Kier alpha value is -6.96. The summed E-state index contributed by atoms with van der Waals surface area (Å²) in [5.74, 6) is 0.304. The molecule has 1 atom stereocenters. The fourth-order valence-electron chi connectivity index (χ4n) is 9.76. The third kappa shape index (κ3) is 5.61. The molecule has 0 saturated heterocycles. The summed E-state index contributed by atoms with van der Waals surface area (Å²) in [6.45, 7) is 4.74. The predicted molar refractivity (Wildman–Crippen MR) is 247 cm³/mol. The van der Waals surface area contributed by atoms with Crippen LogP contribution in [0.15, 0.2) is 212 Å². The van der Waals surface area contributed by atoms with Crippen molar-refractivity contribution in [2.75, 3.05) is 4.90 Å². The Morgan fingerprint density at radius 2 is 1.16 bits per heavy atom. The van der Waals surface area contributed by atoms with E-state index in [2.05, 4.69) is 225 Å². The molecule has 9 aromatic carbocycles. The molecule has 0 amide bonds. The van der Waals surface area contributed by atoms with Gasteiger partial charge in [0.05, 0.1) is 5.69 Å². The van der Waals surface area contributed by atoms with E-state index in [9.17, 15) is 0 Å². The Morgan fingerprint density at radius 3 is 1.98 bits per heavy atom. The fraction of sp³-hybridized carbons (Fsp3) is 0.0877. The first kappa shape index (κ1) is 34.3. The van der Waals surface area contributed by atoms with Crippen molar-refractivity contribution in [3.05, 3.63) is 229 Å². The smallest absolute Gasteiger partial charge is 0.0546 e. The van der Waals surface area contributed by atoms with Crippen LogP contribution in [0, 0.1) is 0 Å². The van der Waals surface area contributed by atoms with Crippen LogP contribution in [0.1, 0.15) is 42.9 Å². The fourth-order valence-corrected chi connectivity index (χ4v) is 9.76. The summed E-state index contributed by atoms with van der Waals surface area (Å²) in [5.41, 5.74) is 15.1. The Labute approximate surface area is 340 Å². The van der Waals surface area contributed by atoms with Crippen molar-refractivity contribution in [3.63, 3.8) is 0 Å². The van der Waals surface area contributed by atoms with Crippen LogP contribution in [0.5, 0.6) is 0 Å². The maximum absolute atomic E-state index is 2.51. The SMILES string of the molecule is CC1(C)c2ccccc2-c2ccc(-c3cc(N(C4=CCC(c5ccc6ccccc6c5)C=C4)c4cc5ccccc5c5ccccc45)ccc3-c3ccccc3)cc21. The van der Waals surface area contributed by atoms with Gasteiger partial charge in [-0.05, 0) is 114 Å². The standard InChI is InChI=1S/C57H43N/c1-57(2)54-23-13-12-21-50(54)51-32-28-44(35-55(51)57)53-37-46(31-33-48(53)40-15-4-3-5-16-40)58(56-36-43-18-8-9-19-47(43)49-20-10-11-22-52(49)56)45-29-26-39(27-30-45)42-25-24-38-14-6-7-17-41(38)34-42/h3-26,28-37,39H,27H2,1-2H3. The molecule has 11 rings (SSSR count). The number of rotatable bonds is 6. The largest absolute Gasteiger partial charge is 0.310 e. The third-order valence-corrected chi connectivity index (χ3v) is 12.8. The molecule has 0 aromatic heterocycles. The molecule has 0 heterocycles. The van der Waals surface area contributed by atoms with Gasteiger partial charge >= 0.3 is 0 Å². The molecule has 0 aliphatic heterocycles. The summed E-state index contributed by atoms with van der Waals surface area (Å²) < 4.78 is 0. The van der Waals surface area contributed by atoms with Gasteiger partial charge in [0.15, 0.2) is 0 Å². The van der Waals surface area contributed by atoms with Gasteiger partial charge in [-0.3, -0.25) is 0 Å². The molecule has 0 spiro atoms. The zero-order chi connectivity index (χ0) is 38.8. The lowest BCUT2D eigenvalue weighted by atomic mass is 9.81. The number of fused-ring (bicyclic) bond motifs is 7. The molecule has 2 aliphatic carbocycles. The maximum Gasteiger partial charge on any atom is 0.0546 e. The molecule has 1 nitrogen and oxygen atoms in total. The van der Waals surface area contributed by atoms with Crippen LogP contribution in [0.2, 0.25) is 0 Å². The van der Waals surface area contributed by atoms with E-state index in [4.69, 9.17) is 0 Å². The van der Waals surface area contributed by atoms with Crippen molar-refractivity contribution in [1.29, 1.82) is 0 Å². The van der Waals surface area contributed by atoms with Gasteiger partial charge in [-0.25, -0.2) is 0 Å². The van der Waals surface area contributed by atoms with Crippen LogP contribution in [-0.4, -0.2) is 0 Å². The number of anilines is 2. The second-order valence-corrected chi connectivity index (χ2v) is 16.5. The second-order valence-electron chi connectivity index (χ2n) is 16.5. The van der Waals surface area contributed by atoms with E-state index in [0.29, 0.717) is 5.92 Å². The lowest BCUT2D eigenvalue weighted by Crippen LogP contribution is -2.18.